The number of ether oxygens (including phenoxy) is 11. The van der Waals surface area contributed by atoms with E-state index in [-0.39, 0.29) is 108 Å². The minimum Gasteiger partial charge on any atom is -0.446 e. The van der Waals surface area contributed by atoms with Crippen LogP contribution in [0.1, 0.15) is 74.5 Å². The predicted molar refractivity (Wildman–Crippen MR) is 316 cm³/mol. The van der Waals surface area contributed by atoms with Crippen LogP contribution in [-0.2, 0) is 87.4 Å². The van der Waals surface area contributed by atoms with E-state index in [0.717, 1.165) is 59.4 Å². The summed E-state index contributed by atoms with van der Waals surface area (Å²) in [5.74, 6) is 4.75. The van der Waals surface area contributed by atoms with Gasteiger partial charge in [-0.3, -0.25) is 33.7 Å². The molecular weight excluding hydrogens is 1120 g/mol. The lowest BCUT2D eigenvalue weighted by atomic mass is 10.0. The molecule has 0 fully saturated rings. The van der Waals surface area contributed by atoms with E-state index in [2.05, 4.69) is 39.9 Å². The molecule has 2 aliphatic heterocycles. The average molecular weight is 1210 g/mol. The predicted octanol–water partition coefficient (Wildman–Crippen LogP) is 3.26. The molecule has 2 heterocycles. The number of imide groups is 1. The number of amides is 7. The lowest BCUT2D eigenvalue weighted by Crippen LogP contribution is -2.37. The van der Waals surface area contributed by atoms with Crippen molar-refractivity contribution < 1.29 is 85.7 Å². The highest BCUT2D eigenvalue weighted by Crippen LogP contribution is 2.26. The van der Waals surface area contributed by atoms with Crippen molar-refractivity contribution in [3.05, 3.63) is 89.5 Å². The molecule has 3 N–H and O–H groups in total. The van der Waals surface area contributed by atoms with Crippen molar-refractivity contribution >= 4 is 47.2 Å². The molecule has 7 amide bonds. The first kappa shape index (κ1) is 70.1. The fraction of sp³-hybridized carbons (Fsp3) is 0.597. The zero-order valence-corrected chi connectivity index (χ0v) is 49.7. The fourth-order valence-electron chi connectivity index (χ4n) is 8.67. The SMILES string of the molecule is O=C(CCC(=O)N1Cc2ccccc2C#Cc2ccccc21)NCCOCCOCCOCCN(CCOCCOCCOCCNC(=O)OC1CC/C=C/CCC1)C(=O)CCOCCOCCOCCOCCNC(=O)CCN1C(=O)C=CC1=O. The second-order valence-electron chi connectivity index (χ2n) is 19.7. The maximum atomic E-state index is 13.5. The van der Waals surface area contributed by atoms with Gasteiger partial charge in [0.05, 0.1) is 151 Å². The summed E-state index contributed by atoms with van der Waals surface area (Å²) >= 11 is 0. The maximum Gasteiger partial charge on any atom is 0.407 e. The van der Waals surface area contributed by atoms with Crippen LogP contribution in [0.15, 0.2) is 72.8 Å². The van der Waals surface area contributed by atoms with Gasteiger partial charge in [-0.05, 0) is 55.9 Å². The number of hydrogen-bond acceptors (Lipinski definition) is 18. The van der Waals surface area contributed by atoms with Crippen LogP contribution in [0.5, 0.6) is 0 Å². The molecule has 3 aliphatic rings. The van der Waals surface area contributed by atoms with Gasteiger partial charge in [-0.1, -0.05) is 54.3 Å². The summed E-state index contributed by atoms with van der Waals surface area (Å²) in [7, 11) is 0. The number of carbonyl (C=O) groups excluding carboxylic acids is 7. The van der Waals surface area contributed by atoms with Gasteiger partial charge in [0.15, 0.2) is 0 Å². The first-order valence-electron chi connectivity index (χ1n) is 29.9. The first-order chi connectivity index (χ1) is 42.2. The highest BCUT2D eigenvalue weighted by molar-refractivity contribution is 6.13. The molecule has 5 rings (SSSR count). The fourth-order valence-corrected chi connectivity index (χ4v) is 8.67. The number of nitrogens with one attached hydrogen (secondary N) is 3. The van der Waals surface area contributed by atoms with E-state index in [1.807, 2.05) is 48.5 Å². The Hall–Kier alpha value is -6.63. The Morgan fingerprint density at radius 2 is 0.977 bits per heavy atom. The molecule has 24 heteroatoms. The van der Waals surface area contributed by atoms with Crippen LogP contribution in [0.25, 0.3) is 0 Å². The minimum atomic E-state index is -0.425. The summed E-state index contributed by atoms with van der Waals surface area (Å²) in [5.41, 5.74) is 3.30. The topological polar surface area (TPSA) is 267 Å². The highest BCUT2D eigenvalue weighted by atomic mass is 16.6. The van der Waals surface area contributed by atoms with Gasteiger partial charge in [0, 0.05) is 81.8 Å². The van der Waals surface area contributed by atoms with Gasteiger partial charge in [0.25, 0.3) is 11.8 Å². The Balaban J connectivity index is 0.860. The van der Waals surface area contributed by atoms with Crippen molar-refractivity contribution in [3.63, 3.8) is 0 Å². The number of hydrogen-bond donors (Lipinski definition) is 3. The molecule has 2 aromatic carbocycles. The molecule has 1 unspecified atom stereocenters. The smallest absolute Gasteiger partial charge is 0.407 e. The number of allylic oxidation sites excluding steroid dienone is 2. The molecule has 24 nitrogen and oxygen atoms in total. The third kappa shape index (κ3) is 30.6. The molecule has 0 saturated heterocycles. The number of rotatable bonds is 46. The average Bonchev–Trinajstić information content (AvgIpc) is 1.78. The number of fused-ring (bicyclic) bond motifs is 2. The van der Waals surface area contributed by atoms with E-state index < -0.39 is 17.9 Å². The van der Waals surface area contributed by atoms with Crippen LogP contribution in [0, 0.1) is 11.8 Å². The van der Waals surface area contributed by atoms with Crippen LogP contribution in [-0.4, -0.2) is 229 Å². The summed E-state index contributed by atoms with van der Waals surface area (Å²) in [5, 5.41) is 8.23. The van der Waals surface area contributed by atoms with E-state index in [1.165, 1.54) is 12.2 Å². The van der Waals surface area contributed by atoms with Crippen molar-refractivity contribution in [1.82, 2.24) is 25.8 Å². The Bertz CT molecular complexity index is 2450. The van der Waals surface area contributed by atoms with Gasteiger partial charge in [-0.25, -0.2) is 4.79 Å². The van der Waals surface area contributed by atoms with Gasteiger partial charge in [0.2, 0.25) is 23.6 Å². The minimum absolute atomic E-state index is 0.0158. The summed E-state index contributed by atoms with van der Waals surface area (Å²) in [4.78, 5) is 91.1. The standard InChI is InChI=1S/C62H88N6O18/c69-56(18-19-61(74)68-50-53-12-7-6-10-51(53)16-17-52-11-8-9-15-55(52)68)63-24-31-77-37-43-83-46-40-80-34-28-66(29-35-81-41-47-84-45-39-79-33-26-65-62(75)86-54-13-4-2-1-3-5-14-54)58(71)23-30-76-36-42-82-48-49-85-44-38-78-32-25-64-57(70)22-27-67-59(72)20-21-60(67)73/h1-2,6-12,15,20-21,54H,3-5,13-14,18-19,22-50H2,(H,63,69)(H,64,70)(H,65,75)/b2-1+. The van der Waals surface area contributed by atoms with Crippen LogP contribution in [0.3, 0.4) is 0 Å². The normalized spacial score (nSPS) is 14.9. The molecular formula is C62H88N6O18. The number of carbonyl (C=O) groups is 7. The maximum absolute atomic E-state index is 13.5. The molecule has 86 heavy (non-hydrogen) atoms. The van der Waals surface area contributed by atoms with Crippen LogP contribution in [0.4, 0.5) is 10.5 Å². The molecule has 2 aromatic rings. The number of alkyl carbamates (subject to hydrolysis) is 1. The Labute approximate surface area is 505 Å². The lowest BCUT2D eigenvalue weighted by molar-refractivity contribution is -0.137. The third-order valence-electron chi connectivity index (χ3n) is 13.3. The van der Waals surface area contributed by atoms with E-state index in [4.69, 9.17) is 52.1 Å². The number of anilines is 1. The van der Waals surface area contributed by atoms with Crippen molar-refractivity contribution in [2.24, 2.45) is 0 Å². The van der Waals surface area contributed by atoms with Gasteiger partial charge in [-0.15, -0.1) is 0 Å². The number of para-hydroxylation sites is 1. The van der Waals surface area contributed by atoms with Gasteiger partial charge in [-0.2, -0.15) is 0 Å². The summed E-state index contributed by atoms with van der Waals surface area (Å²) < 4.78 is 61.8. The Morgan fingerprint density at radius 1 is 0.500 bits per heavy atom. The molecule has 0 spiro atoms. The largest absolute Gasteiger partial charge is 0.446 e. The zero-order valence-electron chi connectivity index (χ0n) is 49.7. The quantitative estimate of drug-likeness (QED) is 0.0372. The molecule has 1 aliphatic carbocycles. The molecule has 0 radical (unpaired) electrons. The second kappa shape index (κ2) is 44.8. The summed E-state index contributed by atoms with van der Waals surface area (Å²) in [6, 6.07) is 15.3. The van der Waals surface area contributed by atoms with Crippen molar-refractivity contribution in [1.29, 1.82) is 0 Å². The van der Waals surface area contributed by atoms with Crippen LogP contribution >= 0.6 is 0 Å². The first-order valence-corrected chi connectivity index (χ1v) is 29.9. The van der Waals surface area contributed by atoms with Gasteiger partial charge in [0.1, 0.15) is 6.10 Å². The second-order valence-corrected chi connectivity index (χ2v) is 19.7. The summed E-state index contributed by atoms with van der Waals surface area (Å²) in [6.45, 7) is 8.20. The third-order valence-corrected chi connectivity index (χ3v) is 13.3. The van der Waals surface area contributed by atoms with Gasteiger partial charge < -0.3 is 77.9 Å². The zero-order chi connectivity index (χ0) is 60.9. The lowest BCUT2D eigenvalue weighted by Gasteiger charge is -2.26. The van der Waals surface area contributed by atoms with Crippen LogP contribution in [0.2, 0.25) is 0 Å². The molecule has 0 saturated carbocycles. The Morgan fingerprint density at radius 3 is 1.57 bits per heavy atom. The number of nitrogens with zero attached hydrogens (tertiary/aromatic N) is 3. The van der Waals surface area contributed by atoms with E-state index in [9.17, 15) is 33.6 Å². The van der Waals surface area contributed by atoms with E-state index >= 15 is 0 Å². The molecule has 0 bridgehead atoms. The van der Waals surface area contributed by atoms with Crippen molar-refractivity contribution in [2.45, 2.75) is 70.4 Å². The van der Waals surface area contributed by atoms with Crippen molar-refractivity contribution in [2.75, 3.05) is 176 Å². The molecule has 1 atom stereocenters. The van der Waals surface area contributed by atoms with Crippen LogP contribution < -0.4 is 20.9 Å². The van der Waals surface area contributed by atoms with E-state index in [1.54, 1.807) is 9.80 Å². The summed E-state index contributed by atoms with van der Waals surface area (Å²) in [6.07, 6.45) is 11.1. The monoisotopic (exact) mass is 1200 g/mol. The van der Waals surface area contributed by atoms with E-state index in [0.29, 0.717) is 125 Å². The highest BCUT2D eigenvalue weighted by Gasteiger charge is 2.24. The molecule has 0 aromatic heterocycles. The number of benzene rings is 2. The van der Waals surface area contributed by atoms with Crippen molar-refractivity contribution in [3.8, 4) is 11.8 Å². The molecule has 474 valence electrons. The van der Waals surface area contributed by atoms with Gasteiger partial charge >= 0.3 is 6.09 Å². The Kier molecular flexibility index (Phi) is 36.5.